The molecule has 2 atom stereocenters. The highest BCUT2D eigenvalue weighted by atomic mass is 16.2. The van der Waals surface area contributed by atoms with E-state index in [0.29, 0.717) is 6.54 Å². The van der Waals surface area contributed by atoms with Gasteiger partial charge in [0.2, 0.25) is 5.91 Å². The summed E-state index contributed by atoms with van der Waals surface area (Å²) >= 11 is 0. The number of rotatable bonds is 6. The largest absolute Gasteiger partial charge is 0.368 e. The van der Waals surface area contributed by atoms with Gasteiger partial charge in [-0.15, -0.1) is 0 Å². The van der Waals surface area contributed by atoms with Gasteiger partial charge in [-0.1, -0.05) is 31.2 Å². The predicted octanol–water partition coefficient (Wildman–Crippen LogP) is 1.37. The predicted molar refractivity (Wildman–Crippen MR) is 87.5 cm³/mol. The number of amides is 2. The molecule has 1 aliphatic heterocycles. The standard InChI is InChI=1S/C17H23N3O2/c1-3-14(19-12(2)17(18)22)8-9-16(21)20-11-10-13-6-4-5-7-15(13)20/h4-9,12,14,19H,3,10-11H2,1-2H3,(H2,18,22)/t12-,14?/m0/s1. The Bertz CT molecular complexity index is 583. The summed E-state index contributed by atoms with van der Waals surface area (Å²) in [4.78, 5) is 25.3. The average molecular weight is 301 g/mol. The lowest BCUT2D eigenvalue weighted by molar-refractivity contribution is -0.119. The third-order valence-electron chi connectivity index (χ3n) is 3.95. The highest BCUT2D eigenvalue weighted by Crippen LogP contribution is 2.27. The molecule has 3 N–H and O–H groups in total. The van der Waals surface area contributed by atoms with Gasteiger partial charge in [0.1, 0.15) is 0 Å². The van der Waals surface area contributed by atoms with Gasteiger partial charge in [-0.3, -0.25) is 14.9 Å². The fraction of sp³-hybridized carbons (Fsp3) is 0.412. The van der Waals surface area contributed by atoms with E-state index < -0.39 is 11.9 Å². The molecule has 0 bridgehead atoms. The van der Waals surface area contributed by atoms with Gasteiger partial charge in [-0.25, -0.2) is 0 Å². The molecule has 5 heteroatoms. The summed E-state index contributed by atoms with van der Waals surface area (Å²) in [5.41, 5.74) is 7.44. The molecule has 2 amide bonds. The first-order valence-corrected chi connectivity index (χ1v) is 7.66. The summed E-state index contributed by atoms with van der Waals surface area (Å²) in [5.74, 6) is -0.427. The average Bonchev–Trinajstić information content (AvgIpc) is 2.94. The minimum atomic E-state index is -0.419. The van der Waals surface area contributed by atoms with Gasteiger partial charge in [-0.05, 0) is 31.4 Å². The van der Waals surface area contributed by atoms with E-state index in [-0.39, 0.29) is 11.9 Å². The number of para-hydroxylation sites is 1. The van der Waals surface area contributed by atoms with Crippen molar-refractivity contribution in [1.29, 1.82) is 0 Å². The second-order valence-corrected chi connectivity index (χ2v) is 5.53. The fourth-order valence-corrected chi connectivity index (χ4v) is 2.57. The van der Waals surface area contributed by atoms with E-state index in [1.165, 1.54) is 5.56 Å². The first-order chi connectivity index (χ1) is 10.5. The molecule has 5 nitrogen and oxygen atoms in total. The van der Waals surface area contributed by atoms with Crippen molar-refractivity contribution in [3.63, 3.8) is 0 Å². The number of fused-ring (bicyclic) bond motifs is 1. The number of nitrogens with one attached hydrogen (secondary N) is 1. The summed E-state index contributed by atoms with van der Waals surface area (Å²) in [6.45, 7) is 4.42. The van der Waals surface area contributed by atoms with Gasteiger partial charge in [0.05, 0.1) is 6.04 Å². The van der Waals surface area contributed by atoms with Crippen LogP contribution in [0.15, 0.2) is 36.4 Å². The minimum absolute atomic E-state index is 0.0306. The van der Waals surface area contributed by atoms with Crippen LogP contribution in [-0.4, -0.2) is 30.4 Å². The number of nitrogens with zero attached hydrogens (tertiary/aromatic N) is 1. The summed E-state index contributed by atoms with van der Waals surface area (Å²) in [5, 5.41) is 3.10. The Morgan fingerprint density at radius 3 is 2.82 bits per heavy atom. The zero-order valence-electron chi connectivity index (χ0n) is 13.1. The second-order valence-electron chi connectivity index (χ2n) is 5.53. The van der Waals surface area contributed by atoms with Crippen molar-refractivity contribution < 1.29 is 9.59 Å². The summed E-state index contributed by atoms with van der Waals surface area (Å²) in [7, 11) is 0. The van der Waals surface area contributed by atoms with Crippen molar-refractivity contribution in [2.24, 2.45) is 5.73 Å². The van der Waals surface area contributed by atoms with Gasteiger partial charge in [0, 0.05) is 24.4 Å². The Labute approximate surface area is 131 Å². The van der Waals surface area contributed by atoms with Crippen molar-refractivity contribution >= 4 is 17.5 Å². The van der Waals surface area contributed by atoms with Crippen LogP contribution in [0.3, 0.4) is 0 Å². The molecule has 1 heterocycles. The molecule has 1 aliphatic rings. The molecule has 0 spiro atoms. The highest BCUT2D eigenvalue weighted by Gasteiger charge is 2.22. The Morgan fingerprint density at radius 2 is 2.14 bits per heavy atom. The Balaban J connectivity index is 2.00. The normalized spacial score (nSPS) is 16.5. The Kier molecular flexibility index (Phi) is 5.33. The number of carbonyl (C=O) groups excluding carboxylic acids is 2. The number of carbonyl (C=O) groups is 2. The van der Waals surface area contributed by atoms with Crippen LogP contribution in [0.25, 0.3) is 0 Å². The van der Waals surface area contributed by atoms with Crippen molar-refractivity contribution in [3.8, 4) is 0 Å². The molecule has 2 rings (SSSR count). The first kappa shape index (κ1) is 16.2. The smallest absolute Gasteiger partial charge is 0.250 e. The molecule has 1 aromatic carbocycles. The van der Waals surface area contributed by atoms with Gasteiger partial charge >= 0.3 is 0 Å². The van der Waals surface area contributed by atoms with Crippen LogP contribution < -0.4 is 16.0 Å². The molecule has 0 aliphatic carbocycles. The van der Waals surface area contributed by atoms with Gasteiger partial charge in [0.25, 0.3) is 5.91 Å². The number of anilines is 1. The number of hydrogen-bond acceptors (Lipinski definition) is 3. The third-order valence-corrected chi connectivity index (χ3v) is 3.95. The summed E-state index contributed by atoms with van der Waals surface area (Å²) in [6.07, 6.45) is 5.06. The molecular formula is C17H23N3O2. The van der Waals surface area contributed by atoms with Crippen LogP contribution >= 0.6 is 0 Å². The molecule has 22 heavy (non-hydrogen) atoms. The van der Waals surface area contributed by atoms with Gasteiger partial charge in [0.15, 0.2) is 0 Å². The summed E-state index contributed by atoms with van der Waals surface area (Å²) in [6, 6.07) is 7.49. The second kappa shape index (κ2) is 7.22. The van der Waals surface area contributed by atoms with Crippen LogP contribution in [-0.2, 0) is 16.0 Å². The van der Waals surface area contributed by atoms with Gasteiger partial charge < -0.3 is 10.6 Å². The van der Waals surface area contributed by atoms with E-state index in [1.54, 1.807) is 17.9 Å². The van der Waals surface area contributed by atoms with Crippen molar-refractivity contribution in [2.45, 2.75) is 38.8 Å². The van der Waals surface area contributed by atoms with Crippen LogP contribution in [0.1, 0.15) is 25.8 Å². The lowest BCUT2D eigenvalue weighted by Gasteiger charge is -2.18. The monoisotopic (exact) mass is 301 g/mol. The minimum Gasteiger partial charge on any atom is -0.368 e. The molecular weight excluding hydrogens is 278 g/mol. The maximum Gasteiger partial charge on any atom is 0.250 e. The van der Waals surface area contributed by atoms with Crippen LogP contribution in [0.5, 0.6) is 0 Å². The van der Waals surface area contributed by atoms with Gasteiger partial charge in [-0.2, -0.15) is 0 Å². The molecule has 0 radical (unpaired) electrons. The fourth-order valence-electron chi connectivity index (χ4n) is 2.57. The van der Waals surface area contributed by atoms with Crippen LogP contribution in [0.4, 0.5) is 5.69 Å². The first-order valence-electron chi connectivity index (χ1n) is 7.66. The Hall–Kier alpha value is -2.14. The molecule has 0 fully saturated rings. The van der Waals surface area contributed by atoms with Crippen LogP contribution in [0.2, 0.25) is 0 Å². The number of benzene rings is 1. The Morgan fingerprint density at radius 1 is 1.41 bits per heavy atom. The van der Waals surface area contributed by atoms with Crippen LogP contribution in [0, 0.1) is 0 Å². The maximum atomic E-state index is 12.4. The molecule has 1 unspecified atom stereocenters. The maximum absolute atomic E-state index is 12.4. The van der Waals surface area contributed by atoms with E-state index in [1.807, 2.05) is 31.2 Å². The van der Waals surface area contributed by atoms with E-state index in [9.17, 15) is 9.59 Å². The highest BCUT2D eigenvalue weighted by molar-refractivity contribution is 6.02. The van der Waals surface area contributed by atoms with Crippen molar-refractivity contribution in [2.75, 3.05) is 11.4 Å². The number of hydrogen-bond donors (Lipinski definition) is 2. The quantitative estimate of drug-likeness (QED) is 0.779. The molecule has 0 saturated heterocycles. The molecule has 0 aromatic heterocycles. The van der Waals surface area contributed by atoms with E-state index >= 15 is 0 Å². The van der Waals surface area contributed by atoms with E-state index in [4.69, 9.17) is 5.73 Å². The lowest BCUT2D eigenvalue weighted by atomic mass is 10.1. The lowest BCUT2D eigenvalue weighted by Crippen LogP contribution is -2.43. The number of nitrogens with two attached hydrogens (primary N) is 1. The third kappa shape index (κ3) is 3.74. The number of primary amides is 1. The molecule has 118 valence electrons. The summed E-state index contributed by atoms with van der Waals surface area (Å²) < 4.78 is 0. The van der Waals surface area contributed by atoms with E-state index in [0.717, 1.165) is 18.5 Å². The van der Waals surface area contributed by atoms with Crippen molar-refractivity contribution in [1.82, 2.24) is 5.32 Å². The van der Waals surface area contributed by atoms with Crippen molar-refractivity contribution in [3.05, 3.63) is 42.0 Å². The van der Waals surface area contributed by atoms with E-state index in [2.05, 4.69) is 11.4 Å². The zero-order valence-corrected chi connectivity index (χ0v) is 13.1. The topological polar surface area (TPSA) is 75.4 Å². The molecule has 1 aromatic rings. The zero-order chi connectivity index (χ0) is 16.1. The molecule has 0 saturated carbocycles. The SMILES string of the molecule is CCC(C=CC(=O)N1CCc2ccccc21)N[C@@H](C)C(N)=O.